The van der Waals surface area contributed by atoms with Crippen LogP contribution in [-0.4, -0.2) is 25.8 Å². The highest BCUT2D eigenvalue weighted by atomic mass is 16.5. The molecule has 0 heterocycles. The Labute approximate surface area is 82.1 Å². The number of unbranched alkanes of at least 4 members (excludes halogenated alkanes) is 1. The van der Waals surface area contributed by atoms with Crippen molar-refractivity contribution in [3.8, 4) is 12.3 Å². The minimum atomic E-state index is 0.177. The second-order valence-corrected chi connectivity index (χ2v) is 3.16. The van der Waals surface area contributed by atoms with Crippen molar-refractivity contribution in [2.75, 3.05) is 19.8 Å². The van der Waals surface area contributed by atoms with Gasteiger partial charge in [0, 0.05) is 13.2 Å². The largest absolute Gasteiger partial charge is 0.381 e. The third-order valence-electron chi connectivity index (χ3n) is 1.81. The molecule has 2 nitrogen and oxygen atoms in total. The predicted molar refractivity (Wildman–Crippen MR) is 56.6 cm³/mol. The van der Waals surface area contributed by atoms with Gasteiger partial charge in [0.2, 0.25) is 0 Å². The molecular formula is C11H21NO. The van der Waals surface area contributed by atoms with Crippen LogP contribution < -0.4 is 5.32 Å². The molecule has 0 aromatic heterocycles. The Balaban J connectivity index is 2.96. The summed E-state index contributed by atoms with van der Waals surface area (Å²) in [6.07, 6.45) is 8.61. The van der Waals surface area contributed by atoms with Crippen LogP contribution in [0.2, 0.25) is 0 Å². The van der Waals surface area contributed by atoms with Crippen molar-refractivity contribution in [2.45, 2.75) is 39.2 Å². The quantitative estimate of drug-likeness (QED) is 0.458. The molecular weight excluding hydrogens is 162 g/mol. The van der Waals surface area contributed by atoms with E-state index in [2.05, 4.69) is 18.2 Å². The van der Waals surface area contributed by atoms with E-state index in [4.69, 9.17) is 11.2 Å². The molecule has 0 spiro atoms. The van der Waals surface area contributed by atoms with Gasteiger partial charge < -0.3 is 10.1 Å². The first kappa shape index (κ1) is 12.5. The molecule has 0 aliphatic carbocycles. The Hall–Kier alpha value is -0.520. The molecule has 0 saturated heterocycles. The molecule has 0 aliphatic heterocycles. The van der Waals surface area contributed by atoms with E-state index < -0.39 is 0 Å². The predicted octanol–water partition coefficient (Wildman–Crippen LogP) is 1.80. The minimum Gasteiger partial charge on any atom is -0.381 e. The van der Waals surface area contributed by atoms with E-state index in [1.807, 2.05) is 6.92 Å². The van der Waals surface area contributed by atoms with Gasteiger partial charge in [-0.15, -0.1) is 6.42 Å². The smallest absolute Gasteiger partial charge is 0.0658 e. The van der Waals surface area contributed by atoms with E-state index in [0.717, 1.165) is 32.6 Å². The SMILES string of the molecule is C#CC(C)NCCCOCCCC. The molecule has 0 rings (SSSR count). The van der Waals surface area contributed by atoms with Crippen molar-refractivity contribution < 1.29 is 4.74 Å². The van der Waals surface area contributed by atoms with E-state index in [1.165, 1.54) is 6.42 Å². The number of hydrogen-bond acceptors (Lipinski definition) is 2. The van der Waals surface area contributed by atoms with Gasteiger partial charge in [0.25, 0.3) is 0 Å². The summed E-state index contributed by atoms with van der Waals surface area (Å²) in [6.45, 7) is 6.82. The summed E-state index contributed by atoms with van der Waals surface area (Å²) < 4.78 is 5.40. The molecule has 0 saturated carbocycles. The van der Waals surface area contributed by atoms with Crippen LogP contribution in [0.3, 0.4) is 0 Å². The van der Waals surface area contributed by atoms with Crippen LogP contribution >= 0.6 is 0 Å². The van der Waals surface area contributed by atoms with Crippen LogP contribution in [0, 0.1) is 12.3 Å². The maximum atomic E-state index is 5.40. The van der Waals surface area contributed by atoms with Gasteiger partial charge in [0.1, 0.15) is 0 Å². The Morgan fingerprint density at radius 1 is 1.38 bits per heavy atom. The van der Waals surface area contributed by atoms with Gasteiger partial charge in [-0.05, 0) is 26.3 Å². The molecule has 0 bridgehead atoms. The average molecular weight is 183 g/mol. The Bertz CT molecular complexity index is 140. The van der Waals surface area contributed by atoms with Crippen molar-refractivity contribution in [3.05, 3.63) is 0 Å². The van der Waals surface area contributed by atoms with Gasteiger partial charge in [0.05, 0.1) is 6.04 Å². The minimum absolute atomic E-state index is 0.177. The zero-order valence-electron chi connectivity index (χ0n) is 8.81. The van der Waals surface area contributed by atoms with Crippen LogP contribution in [0.1, 0.15) is 33.1 Å². The average Bonchev–Trinajstić information content (AvgIpc) is 2.16. The fourth-order valence-electron chi connectivity index (χ4n) is 0.900. The topological polar surface area (TPSA) is 21.3 Å². The van der Waals surface area contributed by atoms with Crippen molar-refractivity contribution in [2.24, 2.45) is 0 Å². The fourth-order valence-corrected chi connectivity index (χ4v) is 0.900. The molecule has 1 atom stereocenters. The van der Waals surface area contributed by atoms with E-state index in [-0.39, 0.29) is 6.04 Å². The molecule has 0 aromatic carbocycles. The lowest BCUT2D eigenvalue weighted by Crippen LogP contribution is -2.26. The fraction of sp³-hybridized carbons (Fsp3) is 0.818. The monoisotopic (exact) mass is 183 g/mol. The van der Waals surface area contributed by atoms with Gasteiger partial charge in [0.15, 0.2) is 0 Å². The van der Waals surface area contributed by atoms with Gasteiger partial charge in [-0.1, -0.05) is 19.3 Å². The molecule has 0 amide bonds. The lowest BCUT2D eigenvalue weighted by Gasteiger charge is -2.07. The van der Waals surface area contributed by atoms with E-state index in [0.29, 0.717) is 0 Å². The van der Waals surface area contributed by atoms with Gasteiger partial charge in [-0.3, -0.25) is 0 Å². The lowest BCUT2D eigenvalue weighted by molar-refractivity contribution is 0.128. The van der Waals surface area contributed by atoms with E-state index >= 15 is 0 Å². The van der Waals surface area contributed by atoms with Gasteiger partial charge in [-0.25, -0.2) is 0 Å². The molecule has 0 aliphatic rings. The second kappa shape index (κ2) is 9.57. The Kier molecular flexibility index (Phi) is 9.18. The van der Waals surface area contributed by atoms with Crippen molar-refractivity contribution >= 4 is 0 Å². The highest BCUT2D eigenvalue weighted by Crippen LogP contribution is 1.89. The number of terminal acetylenes is 1. The zero-order valence-corrected chi connectivity index (χ0v) is 8.81. The first-order valence-electron chi connectivity index (χ1n) is 5.08. The molecule has 0 fully saturated rings. The zero-order chi connectivity index (χ0) is 9.94. The molecule has 1 N–H and O–H groups in total. The summed E-state index contributed by atoms with van der Waals surface area (Å²) in [5, 5.41) is 3.21. The number of rotatable bonds is 8. The van der Waals surface area contributed by atoms with Crippen LogP contribution in [0.25, 0.3) is 0 Å². The molecule has 13 heavy (non-hydrogen) atoms. The summed E-state index contributed by atoms with van der Waals surface area (Å²) in [5.41, 5.74) is 0. The standard InChI is InChI=1S/C11H21NO/c1-4-6-9-13-10-7-8-12-11(3)5-2/h2,11-12H,4,6-10H2,1,3H3. The summed E-state index contributed by atoms with van der Waals surface area (Å²) in [4.78, 5) is 0. The van der Waals surface area contributed by atoms with Gasteiger partial charge >= 0.3 is 0 Å². The number of hydrogen-bond donors (Lipinski definition) is 1. The molecule has 1 unspecified atom stereocenters. The maximum absolute atomic E-state index is 5.40. The lowest BCUT2D eigenvalue weighted by atomic mass is 10.3. The Morgan fingerprint density at radius 3 is 2.69 bits per heavy atom. The van der Waals surface area contributed by atoms with Crippen molar-refractivity contribution in [1.82, 2.24) is 5.32 Å². The van der Waals surface area contributed by atoms with Crippen molar-refractivity contribution in [1.29, 1.82) is 0 Å². The molecule has 76 valence electrons. The molecule has 0 radical (unpaired) electrons. The molecule has 0 aromatic rings. The van der Waals surface area contributed by atoms with Crippen LogP contribution in [0.15, 0.2) is 0 Å². The normalized spacial score (nSPS) is 12.4. The second-order valence-electron chi connectivity index (χ2n) is 3.16. The third-order valence-corrected chi connectivity index (χ3v) is 1.81. The van der Waals surface area contributed by atoms with E-state index in [9.17, 15) is 0 Å². The van der Waals surface area contributed by atoms with E-state index in [1.54, 1.807) is 0 Å². The first-order chi connectivity index (χ1) is 6.31. The highest BCUT2D eigenvalue weighted by molar-refractivity contribution is 4.95. The summed E-state index contributed by atoms with van der Waals surface area (Å²) in [6, 6.07) is 0.177. The Morgan fingerprint density at radius 2 is 2.08 bits per heavy atom. The third kappa shape index (κ3) is 9.39. The summed E-state index contributed by atoms with van der Waals surface area (Å²) >= 11 is 0. The van der Waals surface area contributed by atoms with Crippen LogP contribution in [-0.2, 0) is 4.74 Å². The summed E-state index contributed by atoms with van der Waals surface area (Å²) in [7, 11) is 0. The maximum Gasteiger partial charge on any atom is 0.0658 e. The summed E-state index contributed by atoms with van der Waals surface area (Å²) in [5.74, 6) is 2.62. The van der Waals surface area contributed by atoms with Crippen LogP contribution in [0.5, 0.6) is 0 Å². The molecule has 2 heteroatoms. The first-order valence-corrected chi connectivity index (χ1v) is 5.08. The highest BCUT2D eigenvalue weighted by Gasteiger charge is 1.93. The van der Waals surface area contributed by atoms with Crippen molar-refractivity contribution in [3.63, 3.8) is 0 Å². The number of nitrogens with one attached hydrogen (secondary N) is 1. The van der Waals surface area contributed by atoms with Gasteiger partial charge in [-0.2, -0.15) is 0 Å². The van der Waals surface area contributed by atoms with Crippen LogP contribution in [0.4, 0.5) is 0 Å². The number of ether oxygens (including phenoxy) is 1.